The average molecular weight is 308 g/mol. The molecular formula is C12H12ClF2NO4. The number of hydrogen-bond acceptors (Lipinski definition) is 3. The van der Waals surface area contributed by atoms with Gasteiger partial charge in [0.05, 0.1) is 5.02 Å². The number of nitrogens with one attached hydrogen (secondary N) is 1. The number of methoxy groups -OCH3 is 1. The molecule has 2 N–H and O–H groups in total. The Labute approximate surface area is 118 Å². The van der Waals surface area contributed by atoms with Crippen molar-refractivity contribution < 1.29 is 28.2 Å². The fraction of sp³-hybridized carbons (Fsp3) is 0.333. The first-order valence-corrected chi connectivity index (χ1v) is 5.80. The molecule has 110 valence electrons. The normalized spacial score (nSPS) is 13.7. The first-order valence-electron chi connectivity index (χ1n) is 5.42. The van der Waals surface area contributed by atoms with Gasteiger partial charge in [0.2, 0.25) is 5.60 Å². The topological polar surface area (TPSA) is 75.6 Å². The fourth-order valence-corrected chi connectivity index (χ4v) is 1.47. The molecule has 0 bridgehead atoms. The van der Waals surface area contributed by atoms with Crippen LogP contribution >= 0.6 is 11.6 Å². The zero-order valence-electron chi connectivity index (χ0n) is 10.7. The molecule has 0 spiro atoms. The molecule has 0 fully saturated rings. The predicted molar refractivity (Wildman–Crippen MR) is 66.3 cm³/mol. The van der Waals surface area contributed by atoms with Crippen LogP contribution in [0.2, 0.25) is 5.02 Å². The second-order valence-corrected chi connectivity index (χ2v) is 4.49. The van der Waals surface area contributed by atoms with Gasteiger partial charge in [-0.2, -0.15) is 0 Å². The van der Waals surface area contributed by atoms with Crippen LogP contribution in [0.3, 0.4) is 0 Å². The zero-order chi connectivity index (χ0) is 15.5. The van der Waals surface area contributed by atoms with Gasteiger partial charge in [0.25, 0.3) is 5.91 Å². The molecule has 8 heteroatoms. The summed E-state index contributed by atoms with van der Waals surface area (Å²) in [5.74, 6) is -4.14. The van der Waals surface area contributed by atoms with Gasteiger partial charge in [0, 0.05) is 19.2 Å². The van der Waals surface area contributed by atoms with Gasteiger partial charge in [0.15, 0.2) is 0 Å². The van der Waals surface area contributed by atoms with Gasteiger partial charge in [-0.15, -0.1) is 0 Å². The lowest BCUT2D eigenvalue weighted by Crippen LogP contribution is -2.51. The van der Waals surface area contributed by atoms with Gasteiger partial charge in [0.1, 0.15) is 11.6 Å². The summed E-state index contributed by atoms with van der Waals surface area (Å²) >= 11 is 5.39. The number of aliphatic carboxylic acids is 1. The van der Waals surface area contributed by atoms with Crippen LogP contribution in [-0.2, 0) is 20.9 Å². The second kappa shape index (κ2) is 6.15. The summed E-state index contributed by atoms with van der Waals surface area (Å²) in [6.07, 6.45) is 0. The van der Waals surface area contributed by atoms with Crippen molar-refractivity contribution in [3.05, 3.63) is 34.4 Å². The van der Waals surface area contributed by atoms with Crippen LogP contribution in [0.15, 0.2) is 12.1 Å². The van der Waals surface area contributed by atoms with E-state index in [1.54, 1.807) is 0 Å². The van der Waals surface area contributed by atoms with Gasteiger partial charge in [-0.1, -0.05) is 11.6 Å². The van der Waals surface area contributed by atoms with Gasteiger partial charge in [-0.05, 0) is 19.1 Å². The third-order valence-corrected chi connectivity index (χ3v) is 3.07. The molecule has 1 atom stereocenters. The monoisotopic (exact) mass is 307 g/mol. The summed E-state index contributed by atoms with van der Waals surface area (Å²) in [5, 5.41) is 10.7. The van der Waals surface area contributed by atoms with Crippen LogP contribution in [0.1, 0.15) is 12.5 Å². The Bertz CT molecular complexity index is 553. The number of carboxylic acid groups (broad SMARTS) is 1. The van der Waals surface area contributed by atoms with Crippen LogP contribution in [0, 0.1) is 11.6 Å². The van der Waals surface area contributed by atoms with Gasteiger partial charge in [-0.3, -0.25) is 4.79 Å². The lowest BCUT2D eigenvalue weighted by Gasteiger charge is -2.21. The van der Waals surface area contributed by atoms with Crippen molar-refractivity contribution in [2.24, 2.45) is 0 Å². The maximum Gasteiger partial charge on any atom is 0.345 e. The summed E-state index contributed by atoms with van der Waals surface area (Å²) in [6, 6.07) is 1.59. The Hall–Kier alpha value is -1.73. The standard InChI is InChI=1S/C12H12ClF2NO4/c1-12(20-2,11(18)19)10(17)16-5-6-3-9(15)7(13)4-8(6)14/h3-4H,5H2,1-2H3,(H,16,17)(H,18,19). The Kier molecular flexibility index (Phi) is 5.02. The van der Waals surface area contributed by atoms with E-state index in [1.165, 1.54) is 0 Å². The van der Waals surface area contributed by atoms with Crippen LogP contribution in [0.5, 0.6) is 0 Å². The minimum absolute atomic E-state index is 0.163. The fourth-order valence-electron chi connectivity index (χ4n) is 1.32. The number of ether oxygens (including phenoxy) is 1. The SMILES string of the molecule is COC(C)(C(=O)O)C(=O)NCc1cc(F)c(Cl)cc1F. The molecule has 1 amide bonds. The Morgan fingerprint density at radius 1 is 1.40 bits per heavy atom. The number of halogens is 3. The number of carbonyl (C=O) groups excluding carboxylic acids is 1. The molecule has 20 heavy (non-hydrogen) atoms. The van der Waals surface area contributed by atoms with E-state index in [4.69, 9.17) is 16.7 Å². The molecule has 0 heterocycles. The number of amides is 1. The molecule has 0 aromatic heterocycles. The smallest absolute Gasteiger partial charge is 0.345 e. The minimum atomic E-state index is -2.11. The zero-order valence-corrected chi connectivity index (χ0v) is 11.4. The van der Waals surface area contributed by atoms with Crippen molar-refractivity contribution in [1.29, 1.82) is 0 Å². The number of benzene rings is 1. The van der Waals surface area contributed by atoms with E-state index in [9.17, 15) is 18.4 Å². The molecule has 0 saturated heterocycles. The number of carbonyl (C=O) groups is 2. The van der Waals surface area contributed by atoms with Crippen LogP contribution in [0.4, 0.5) is 8.78 Å². The highest BCUT2D eigenvalue weighted by atomic mass is 35.5. The highest BCUT2D eigenvalue weighted by Gasteiger charge is 2.41. The number of rotatable bonds is 5. The molecule has 5 nitrogen and oxygen atoms in total. The molecule has 0 radical (unpaired) electrons. The minimum Gasteiger partial charge on any atom is -0.479 e. The lowest BCUT2D eigenvalue weighted by molar-refractivity contribution is -0.167. The molecule has 0 aliphatic rings. The van der Waals surface area contributed by atoms with Gasteiger partial charge in [-0.25, -0.2) is 13.6 Å². The second-order valence-electron chi connectivity index (χ2n) is 4.08. The Balaban J connectivity index is 2.85. The maximum absolute atomic E-state index is 13.5. The number of hydrogen-bond donors (Lipinski definition) is 2. The van der Waals surface area contributed by atoms with E-state index in [0.717, 1.165) is 26.2 Å². The molecule has 0 aliphatic carbocycles. The molecule has 1 aromatic rings. The van der Waals surface area contributed by atoms with Crippen LogP contribution in [-0.4, -0.2) is 29.7 Å². The largest absolute Gasteiger partial charge is 0.479 e. The summed E-state index contributed by atoms with van der Waals surface area (Å²) in [5.41, 5.74) is -2.27. The third-order valence-electron chi connectivity index (χ3n) is 2.78. The summed E-state index contributed by atoms with van der Waals surface area (Å²) in [6.45, 7) is 0.647. The molecule has 1 aromatic carbocycles. The van der Waals surface area contributed by atoms with E-state index >= 15 is 0 Å². The van der Waals surface area contributed by atoms with E-state index in [1.807, 2.05) is 0 Å². The van der Waals surface area contributed by atoms with E-state index in [0.29, 0.717) is 0 Å². The predicted octanol–water partition coefficient (Wildman–Crippen LogP) is 1.72. The maximum atomic E-state index is 13.5. The number of carboxylic acids is 1. The summed E-state index contributed by atoms with van der Waals surface area (Å²) in [7, 11) is 1.05. The molecule has 0 saturated carbocycles. The average Bonchev–Trinajstić information content (AvgIpc) is 2.39. The molecule has 1 unspecified atom stereocenters. The molecular weight excluding hydrogens is 296 g/mol. The van der Waals surface area contributed by atoms with Crippen molar-refractivity contribution >= 4 is 23.5 Å². The Morgan fingerprint density at radius 2 is 2.00 bits per heavy atom. The van der Waals surface area contributed by atoms with E-state index in [2.05, 4.69) is 10.1 Å². The third kappa shape index (κ3) is 3.23. The summed E-state index contributed by atoms with van der Waals surface area (Å²) in [4.78, 5) is 22.6. The van der Waals surface area contributed by atoms with Crippen LogP contribution in [0.25, 0.3) is 0 Å². The van der Waals surface area contributed by atoms with Crippen LogP contribution < -0.4 is 5.32 Å². The first-order chi connectivity index (χ1) is 9.22. The first kappa shape index (κ1) is 16.3. The summed E-state index contributed by atoms with van der Waals surface area (Å²) < 4.78 is 31.3. The quantitative estimate of drug-likeness (QED) is 0.641. The highest BCUT2D eigenvalue weighted by molar-refractivity contribution is 6.30. The highest BCUT2D eigenvalue weighted by Crippen LogP contribution is 2.19. The van der Waals surface area contributed by atoms with Gasteiger partial charge < -0.3 is 15.2 Å². The van der Waals surface area contributed by atoms with Crippen molar-refractivity contribution in [2.45, 2.75) is 19.1 Å². The van der Waals surface area contributed by atoms with E-state index in [-0.39, 0.29) is 10.6 Å². The molecule has 0 aliphatic heterocycles. The lowest BCUT2D eigenvalue weighted by atomic mass is 10.1. The van der Waals surface area contributed by atoms with Crippen molar-refractivity contribution in [1.82, 2.24) is 5.32 Å². The Morgan fingerprint density at radius 3 is 2.50 bits per heavy atom. The van der Waals surface area contributed by atoms with E-state index < -0.39 is 35.7 Å². The van der Waals surface area contributed by atoms with Crippen molar-refractivity contribution in [3.8, 4) is 0 Å². The van der Waals surface area contributed by atoms with Crippen molar-refractivity contribution in [3.63, 3.8) is 0 Å². The van der Waals surface area contributed by atoms with Gasteiger partial charge >= 0.3 is 5.97 Å². The van der Waals surface area contributed by atoms with Crippen molar-refractivity contribution in [2.75, 3.05) is 7.11 Å². The molecule has 1 rings (SSSR count).